The van der Waals surface area contributed by atoms with Gasteiger partial charge >= 0.3 is 0 Å². The van der Waals surface area contributed by atoms with E-state index < -0.39 is 0 Å². The summed E-state index contributed by atoms with van der Waals surface area (Å²) in [6, 6.07) is 14.9. The van der Waals surface area contributed by atoms with Gasteiger partial charge in [-0.15, -0.1) is 0 Å². The Morgan fingerprint density at radius 3 is 2.43 bits per heavy atom. The Morgan fingerprint density at radius 2 is 1.75 bits per heavy atom. The fourth-order valence-corrected chi connectivity index (χ4v) is 4.15. The van der Waals surface area contributed by atoms with E-state index >= 15 is 0 Å². The van der Waals surface area contributed by atoms with Crippen molar-refractivity contribution in [3.8, 4) is 16.8 Å². The average Bonchev–Trinajstić information content (AvgIpc) is 3.16. The number of aromatic nitrogens is 2. The first-order valence-electron chi connectivity index (χ1n) is 10.0. The van der Waals surface area contributed by atoms with Gasteiger partial charge in [-0.1, -0.05) is 48.4 Å². The number of hydrogen-bond donors (Lipinski definition) is 0. The molecule has 0 N–H and O–H groups in total. The van der Waals surface area contributed by atoms with Gasteiger partial charge in [-0.3, -0.25) is 9.36 Å². The number of rotatable bonds is 3. The van der Waals surface area contributed by atoms with Crippen molar-refractivity contribution in [2.45, 2.75) is 33.6 Å². The first kappa shape index (κ1) is 18.5. The molecule has 4 heteroatoms. The molecule has 1 aliphatic rings. The molecule has 0 spiro atoms. The lowest BCUT2D eigenvalue weighted by Gasteiger charge is -2.31. The molecule has 1 amide bonds. The molecule has 1 saturated heterocycles. The molecule has 0 aliphatic carbocycles. The van der Waals surface area contributed by atoms with Crippen LogP contribution in [0.5, 0.6) is 0 Å². The van der Waals surface area contributed by atoms with E-state index in [4.69, 9.17) is 0 Å². The zero-order valence-corrected chi connectivity index (χ0v) is 16.9. The van der Waals surface area contributed by atoms with E-state index in [0.717, 1.165) is 25.2 Å². The number of carbonyl (C=O) groups is 1. The highest BCUT2D eigenvalue weighted by molar-refractivity contribution is 5.93. The van der Waals surface area contributed by atoms with Gasteiger partial charge in [0.15, 0.2) is 0 Å². The third-order valence-electron chi connectivity index (χ3n) is 5.50. The lowest BCUT2D eigenvalue weighted by molar-refractivity contribution is 0.0675. The molecular formula is C24H27N3O. The summed E-state index contributed by atoms with van der Waals surface area (Å²) in [6.45, 7) is 8.11. The van der Waals surface area contributed by atoms with E-state index in [9.17, 15) is 4.79 Å². The van der Waals surface area contributed by atoms with E-state index in [0.29, 0.717) is 11.6 Å². The number of piperidine rings is 1. The number of benzene rings is 2. The second-order valence-electron chi connectivity index (χ2n) is 8.07. The summed E-state index contributed by atoms with van der Waals surface area (Å²) in [5.41, 5.74) is 6.50. The molecule has 0 unspecified atom stereocenters. The van der Waals surface area contributed by atoms with Crippen molar-refractivity contribution in [1.82, 2.24) is 14.5 Å². The standard InChI is InChI=1S/C24H27N3O/c1-17-5-4-10-26(15-17)24(28)23-14-25-16-27(23)22-8-6-20(7-9-22)21-12-18(2)11-19(3)13-21/h6-9,11-14,16-17H,4-5,10,15H2,1-3H3/t17-/m0/s1. The zero-order valence-electron chi connectivity index (χ0n) is 16.9. The van der Waals surface area contributed by atoms with Crippen LogP contribution >= 0.6 is 0 Å². The van der Waals surface area contributed by atoms with E-state index in [1.807, 2.05) is 9.47 Å². The minimum atomic E-state index is 0.0717. The Labute approximate surface area is 166 Å². The summed E-state index contributed by atoms with van der Waals surface area (Å²) in [4.78, 5) is 19.2. The molecule has 3 aromatic rings. The summed E-state index contributed by atoms with van der Waals surface area (Å²) in [5.74, 6) is 0.633. The molecule has 28 heavy (non-hydrogen) atoms. The van der Waals surface area contributed by atoms with Crippen molar-refractivity contribution in [2.75, 3.05) is 13.1 Å². The molecule has 1 fully saturated rings. The summed E-state index contributed by atoms with van der Waals surface area (Å²) in [6.07, 6.45) is 5.68. The SMILES string of the molecule is Cc1cc(C)cc(-c2ccc(-n3cncc3C(=O)N3CCC[C@H](C)C3)cc2)c1. The van der Waals surface area contributed by atoms with Crippen LogP contribution in [0.4, 0.5) is 0 Å². The van der Waals surface area contributed by atoms with Crippen LogP contribution < -0.4 is 0 Å². The van der Waals surface area contributed by atoms with E-state index in [2.05, 4.69) is 68.2 Å². The maximum atomic E-state index is 13.0. The van der Waals surface area contributed by atoms with Crippen molar-refractivity contribution < 1.29 is 4.79 Å². The van der Waals surface area contributed by atoms with Crippen LogP contribution in [0.15, 0.2) is 55.0 Å². The van der Waals surface area contributed by atoms with Crippen LogP contribution in [0, 0.1) is 19.8 Å². The normalized spacial score (nSPS) is 17.0. The molecule has 2 aromatic carbocycles. The predicted octanol–water partition coefficient (Wildman–Crippen LogP) is 5.03. The van der Waals surface area contributed by atoms with E-state index in [1.165, 1.54) is 28.7 Å². The maximum Gasteiger partial charge on any atom is 0.272 e. The quantitative estimate of drug-likeness (QED) is 0.646. The Balaban J connectivity index is 1.60. The fourth-order valence-electron chi connectivity index (χ4n) is 4.15. The number of carbonyl (C=O) groups excluding carboxylic acids is 1. The van der Waals surface area contributed by atoms with Gasteiger partial charge in [-0.2, -0.15) is 0 Å². The smallest absolute Gasteiger partial charge is 0.272 e. The first-order chi connectivity index (χ1) is 13.5. The van der Waals surface area contributed by atoms with Gasteiger partial charge in [0.2, 0.25) is 0 Å². The molecule has 0 radical (unpaired) electrons. The van der Waals surface area contributed by atoms with Gasteiger partial charge in [0.1, 0.15) is 5.69 Å². The summed E-state index contributed by atoms with van der Waals surface area (Å²) >= 11 is 0. The van der Waals surface area contributed by atoms with Crippen LogP contribution in [-0.4, -0.2) is 33.4 Å². The van der Waals surface area contributed by atoms with Crippen molar-refractivity contribution in [3.05, 3.63) is 71.8 Å². The van der Waals surface area contributed by atoms with Gasteiger partial charge in [0.05, 0.1) is 12.5 Å². The van der Waals surface area contributed by atoms with Crippen LogP contribution in [0.1, 0.15) is 41.4 Å². The van der Waals surface area contributed by atoms with E-state index in [1.54, 1.807) is 12.5 Å². The molecular weight excluding hydrogens is 346 g/mol. The minimum Gasteiger partial charge on any atom is -0.337 e. The number of likely N-dealkylation sites (tertiary alicyclic amines) is 1. The third-order valence-corrected chi connectivity index (χ3v) is 5.50. The van der Waals surface area contributed by atoms with Gasteiger partial charge in [0, 0.05) is 18.8 Å². The van der Waals surface area contributed by atoms with Gasteiger partial charge in [-0.05, 0) is 55.9 Å². The molecule has 1 atom stereocenters. The number of imidazole rings is 1. The third kappa shape index (κ3) is 3.72. The Hall–Kier alpha value is -2.88. The van der Waals surface area contributed by atoms with Gasteiger partial charge in [0.25, 0.3) is 5.91 Å². The lowest BCUT2D eigenvalue weighted by atomic mass is 10.00. The monoisotopic (exact) mass is 373 g/mol. The molecule has 1 aromatic heterocycles. The van der Waals surface area contributed by atoms with Gasteiger partial charge < -0.3 is 4.90 Å². The molecule has 1 aliphatic heterocycles. The van der Waals surface area contributed by atoms with Crippen LogP contribution in [0.2, 0.25) is 0 Å². The Bertz CT molecular complexity index is 967. The molecule has 4 rings (SSSR count). The topological polar surface area (TPSA) is 38.1 Å². The fraction of sp³-hybridized carbons (Fsp3) is 0.333. The molecule has 2 heterocycles. The molecule has 0 bridgehead atoms. The molecule has 0 saturated carbocycles. The largest absolute Gasteiger partial charge is 0.337 e. The summed E-state index contributed by atoms with van der Waals surface area (Å²) in [7, 11) is 0. The highest BCUT2D eigenvalue weighted by atomic mass is 16.2. The highest BCUT2D eigenvalue weighted by Gasteiger charge is 2.24. The van der Waals surface area contributed by atoms with Crippen LogP contribution in [0.3, 0.4) is 0 Å². The summed E-state index contributed by atoms with van der Waals surface area (Å²) < 4.78 is 1.90. The number of amides is 1. The van der Waals surface area contributed by atoms with Crippen molar-refractivity contribution in [1.29, 1.82) is 0 Å². The zero-order chi connectivity index (χ0) is 19.7. The van der Waals surface area contributed by atoms with Crippen LogP contribution in [-0.2, 0) is 0 Å². The van der Waals surface area contributed by atoms with Crippen molar-refractivity contribution in [3.63, 3.8) is 0 Å². The number of aryl methyl sites for hydroxylation is 2. The number of nitrogens with zero attached hydrogens (tertiary/aromatic N) is 3. The summed E-state index contributed by atoms with van der Waals surface area (Å²) in [5, 5.41) is 0. The van der Waals surface area contributed by atoms with Gasteiger partial charge in [-0.25, -0.2) is 4.98 Å². The predicted molar refractivity (Wildman–Crippen MR) is 113 cm³/mol. The van der Waals surface area contributed by atoms with Crippen molar-refractivity contribution in [2.24, 2.45) is 5.92 Å². The first-order valence-corrected chi connectivity index (χ1v) is 10.0. The second-order valence-corrected chi connectivity index (χ2v) is 8.07. The molecule has 144 valence electrons. The maximum absolute atomic E-state index is 13.0. The van der Waals surface area contributed by atoms with E-state index in [-0.39, 0.29) is 5.91 Å². The second kappa shape index (κ2) is 7.63. The molecule has 4 nitrogen and oxygen atoms in total. The Kier molecular flexibility index (Phi) is 5.03. The van der Waals surface area contributed by atoms with Crippen LogP contribution in [0.25, 0.3) is 16.8 Å². The average molecular weight is 374 g/mol. The van der Waals surface area contributed by atoms with Crippen molar-refractivity contribution >= 4 is 5.91 Å². The Morgan fingerprint density at radius 1 is 1.04 bits per heavy atom. The lowest BCUT2D eigenvalue weighted by Crippen LogP contribution is -2.39. The highest BCUT2D eigenvalue weighted by Crippen LogP contribution is 2.25. The number of hydrogen-bond acceptors (Lipinski definition) is 2. The minimum absolute atomic E-state index is 0.0717.